The van der Waals surface area contributed by atoms with Gasteiger partial charge < -0.3 is 4.90 Å². The van der Waals surface area contributed by atoms with E-state index in [9.17, 15) is 0 Å². The Hall–Kier alpha value is -1.90. The Morgan fingerprint density at radius 3 is 2.68 bits per heavy atom. The van der Waals surface area contributed by atoms with Gasteiger partial charge in [0.15, 0.2) is 0 Å². The lowest BCUT2D eigenvalue weighted by Gasteiger charge is -2.43. The molecule has 3 nitrogen and oxygen atoms in total. The highest BCUT2D eigenvalue weighted by Crippen LogP contribution is 2.39. The fourth-order valence-electron chi connectivity index (χ4n) is 4.21. The van der Waals surface area contributed by atoms with E-state index in [4.69, 9.17) is 0 Å². The molecule has 1 atom stereocenters. The first kappa shape index (κ1) is 17.9. The fourth-order valence-corrected chi connectivity index (χ4v) is 4.21. The molecule has 0 N–H and O–H groups in total. The number of rotatable bonds is 6. The summed E-state index contributed by atoms with van der Waals surface area (Å²) in [5.41, 5.74) is 4.22. The van der Waals surface area contributed by atoms with Crippen LogP contribution in [0.5, 0.6) is 0 Å². The van der Waals surface area contributed by atoms with Crippen molar-refractivity contribution in [2.24, 2.45) is 5.41 Å². The highest BCUT2D eigenvalue weighted by Gasteiger charge is 2.34. The summed E-state index contributed by atoms with van der Waals surface area (Å²) in [6.07, 6.45) is 9.34. The maximum absolute atomic E-state index is 4.61. The maximum atomic E-state index is 4.61. The second kappa shape index (κ2) is 7.99. The van der Waals surface area contributed by atoms with Crippen LogP contribution in [0.4, 0.5) is 5.82 Å². The van der Waals surface area contributed by atoms with Crippen LogP contribution in [0.1, 0.15) is 55.8 Å². The van der Waals surface area contributed by atoms with Gasteiger partial charge in [0, 0.05) is 24.3 Å². The number of hydrogen-bond acceptors (Lipinski definition) is 3. The molecule has 3 heteroatoms. The zero-order valence-electron chi connectivity index (χ0n) is 16.0. The average molecular weight is 338 g/mol. The summed E-state index contributed by atoms with van der Waals surface area (Å²) in [5, 5.41) is 0. The molecule has 1 fully saturated rings. The highest BCUT2D eigenvalue weighted by molar-refractivity contribution is 5.48. The minimum Gasteiger partial charge on any atom is -0.356 e. The van der Waals surface area contributed by atoms with Gasteiger partial charge in [0.2, 0.25) is 0 Å². The molecule has 1 aliphatic heterocycles. The van der Waals surface area contributed by atoms with Gasteiger partial charge in [-0.15, -0.1) is 0 Å². The van der Waals surface area contributed by atoms with E-state index in [1.165, 1.54) is 49.7 Å². The van der Waals surface area contributed by atoms with Crippen LogP contribution in [-0.4, -0.2) is 23.1 Å². The highest BCUT2D eigenvalue weighted by atomic mass is 15.2. The molecule has 2 heterocycles. The van der Waals surface area contributed by atoms with Crippen LogP contribution in [-0.2, 0) is 6.42 Å². The van der Waals surface area contributed by atoms with E-state index in [1.807, 2.05) is 0 Å². The van der Waals surface area contributed by atoms with Crippen LogP contribution in [0.3, 0.4) is 0 Å². The molecule has 0 aliphatic carbocycles. The van der Waals surface area contributed by atoms with Gasteiger partial charge in [0.05, 0.1) is 0 Å². The molecular weight excluding hydrogens is 306 g/mol. The molecule has 0 radical (unpaired) electrons. The van der Waals surface area contributed by atoms with Gasteiger partial charge in [-0.05, 0) is 63.4 Å². The quantitative estimate of drug-likeness (QED) is 0.733. The van der Waals surface area contributed by atoms with Gasteiger partial charge in [-0.25, -0.2) is 9.97 Å². The molecule has 1 aliphatic rings. The topological polar surface area (TPSA) is 29.0 Å². The second-order valence-electron chi connectivity index (χ2n) is 7.63. The summed E-state index contributed by atoms with van der Waals surface area (Å²) in [4.78, 5) is 11.5. The SMILES string of the molecule is CCC1(CCCc2ccccc2)CCCN(c2ncnc(C)c2C)C1. The Morgan fingerprint density at radius 2 is 1.92 bits per heavy atom. The van der Waals surface area contributed by atoms with Crippen LogP contribution in [0, 0.1) is 19.3 Å². The molecule has 2 aromatic rings. The molecule has 1 aromatic carbocycles. The van der Waals surface area contributed by atoms with Crippen molar-refractivity contribution in [2.45, 2.75) is 59.3 Å². The van der Waals surface area contributed by atoms with E-state index >= 15 is 0 Å². The van der Waals surface area contributed by atoms with Gasteiger partial charge in [-0.2, -0.15) is 0 Å². The van der Waals surface area contributed by atoms with Crippen LogP contribution in [0.25, 0.3) is 0 Å². The van der Waals surface area contributed by atoms with Crippen molar-refractivity contribution in [1.82, 2.24) is 9.97 Å². The normalized spacial score (nSPS) is 20.7. The van der Waals surface area contributed by atoms with Crippen LogP contribution < -0.4 is 4.90 Å². The Labute approximate surface area is 152 Å². The lowest BCUT2D eigenvalue weighted by molar-refractivity contribution is 0.198. The first-order valence-electron chi connectivity index (χ1n) is 9.71. The summed E-state index contributed by atoms with van der Waals surface area (Å²) in [5.74, 6) is 1.15. The largest absolute Gasteiger partial charge is 0.356 e. The molecule has 0 saturated carbocycles. The van der Waals surface area contributed by atoms with E-state index in [0.29, 0.717) is 5.41 Å². The van der Waals surface area contributed by atoms with Gasteiger partial charge >= 0.3 is 0 Å². The number of piperidine rings is 1. The monoisotopic (exact) mass is 337 g/mol. The molecule has 25 heavy (non-hydrogen) atoms. The first-order valence-corrected chi connectivity index (χ1v) is 9.71. The molecule has 1 unspecified atom stereocenters. The van der Waals surface area contributed by atoms with Gasteiger partial charge in [-0.1, -0.05) is 37.3 Å². The minimum absolute atomic E-state index is 0.429. The third-order valence-corrected chi connectivity index (χ3v) is 6.04. The maximum Gasteiger partial charge on any atom is 0.135 e. The van der Waals surface area contributed by atoms with Crippen molar-refractivity contribution in [3.05, 3.63) is 53.5 Å². The fraction of sp³-hybridized carbons (Fsp3) is 0.545. The Kier molecular flexibility index (Phi) is 5.72. The third kappa shape index (κ3) is 4.20. The number of anilines is 1. The molecular formula is C22H31N3. The third-order valence-electron chi connectivity index (χ3n) is 6.04. The zero-order chi connectivity index (χ0) is 17.7. The predicted molar refractivity (Wildman–Crippen MR) is 105 cm³/mol. The van der Waals surface area contributed by atoms with Crippen molar-refractivity contribution in [2.75, 3.05) is 18.0 Å². The second-order valence-corrected chi connectivity index (χ2v) is 7.63. The van der Waals surface area contributed by atoms with Crippen molar-refractivity contribution in [1.29, 1.82) is 0 Å². The lowest BCUT2D eigenvalue weighted by atomic mass is 9.73. The smallest absolute Gasteiger partial charge is 0.135 e. The number of aryl methyl sites for hydroxylation is 2. The van der Waals surface area contributed by atoms with E-state index in [0.717, 1.165) is 24.6 Å². The van der Waals surface area contributed by atoms with Crippen molar-refractivity contribution in [3.8, 4) is 0 Å². The average Bonchev–Trinajstić information content (AvgIpc) is 2.65. The summed E-state index contributed by atoms with van der Waals surface area (Å²) < 4.78 is 0. The molecule has 134 valence electrons. The molecule has 1 aromatic heterocycles. The minimum atomic E-state index is 0.429. The molecule has 0 spiro atoms. The number of nitrogens with zero attached hydrogens (tertiary/aromatic N) is 3. The van der Waals surface area contributed by atoms with Crippen LogP contribution in [0.15, 0.2) is 36.7 Å². The first-order chi connectivity index (χ1) is 12.1. The van der Waals surface area contributed by atoms with Crippen molar-refractivity contribution in [3.63, 3.8) is 0 Å². The van der Waals surface area contributed by atoms with Gasteiger partial charge in [0.1, 0.15) is 12.1 Å². The molecule has 0 amide bonds. The number of benzene rings is 1. The Balaban J connectivity index is 1.67. The van der Waals surface area contributed by atoms with Crippen molar-refractivity contribution < 1.29 is 0 Å². The van der Waals surface area contributed by atoms with E-state index in [2.05, 4.69) is 66.0 Å². The van der Waals surface area contributed by atoms with Crippen LogP contribution >= 0.6 is 0 Å². The standard InChI is InChI=1S/C22H31N3/c1-4-22(13-8-12-20-10-6-5-7-11-20)14-9-15-25(16-22)21-18(2)19(3)23-17-24-21/h5-7,10-11,17H,4,8-9,12-16H2,1-3H3. The molecule has 3 rings (SSSR count). The summed E-state index contributed by atoms with van der Waals surface area (Å²) >= 11 is 0. The predicted octanol–water partition coefficient (Wildman–Crippen LogP) is 5.11. The van der Waals surface area contributed by atoms with E-state index < -0.39 is 0 Å². The summed E-state index contributed by atoms with van der Waals surface area (Å²) in [7, 11) is 0. The zero-order valence-corrected chi connectivity index (χ0v) is 16.0. The Bertz CT molecular complexity index is 683. The van der Waals surface area contributed by atoms with E-state index in [-0.39, 0.29) is 0 Å². The number of aromatic nitrogens is 2. The molecule has 0 bridgehead atoms. The Morgan fingerprint density at radius 1 is 1.12 bits per heavy atom. The number of hydrogen-bond donors (Lipinski definition) is 0. The summed E-state index contributed by atoms with van der Waals surface area (Å²) in [6.45, 7) is 8.86. The van der Waals surface area contributed by atoms with Gasteiger partial charge in [0.25, 0.3) is 0 Å². The lowest BCUT2D eigenvalue weighted by Crippen LogP contribution is -2.44. The van der Waals surface area contributed by atoms with E-state index in [1.54, 1.807) is 6.33 Å². The van der Waals surface area contributed by atoms with Crippen LogP contribution in [0.2, 0.25) is 0 Å². The van der Waals surface area contributed by atoms with Crippen molar-refractivity contribution >= 4 is 5.82 Å². The van der Waals surface area contributed by atoms with Gasteiger partial charge in [-0.3, -0.25) is 0 Å². The molecule has 1 saturated heterocycles. The summed E-state index contributed by atoms with van der Waals surface area (Å²) in [6, 6.07) is 10.9.